The van der Waals surface area contributed by atoms with E-state index in [1.165, 1.54) is 12.8 Å². The Morgan fingerprint density at radius 2 is 2.04 bits per heavy atom. The van der Waals surface area contributed by atoms with Gasteiger partial charge in [-0.2, -0.15) is 0 Å². The van der Waals surface area contributed by atoms with Gasteiger partial charge in [-0.05, 0) is 30.9 Å². The molecular weight excluding hydrogens is 338 g/mol. The Hall–Kier alpha value is -3.46. The van der Waals surface area contributed by atoms with E-state index in [0.29, 0.717) is 17.5 Å². The minimum absolute atomic E-state index is 0.257. The van der Waals surface area contributed by atoms with E-state index in [9.17, 15) is 0 Å². The predicted molar refractivity (Wildman–Crippen MR) is 102 cm³/mol. The third kappa shape index (κ3) is 4.39. The first-order chi connectivity index (χ1) is 13.3. The van der Waals surface area contributed by atoms with Crippen molar-refractivity contribution in [2.75, 3.05) is 0 Å². The smallest absolute Gasteiger partial charge is 0.186 e. The van der Waals surface area contributed by atoms with Crippen LogP contribution in [0, 0.1) is 17.8 Å². The Bertz CT molecular complexity index is 1010. The van der Waals surface area contributed by atoms with Crippen molar-refractivity contribution in [1.29, 1.82) is 0 Å². The maximum absolute atomic E-state index is 5.60. The van der Waals surface area contributed by atoms with Gasteiger partial charge in [0.2, 0.25) is 0 Å². The fraction of sp³-hybridized carbons (Fsp3) is 0.238. The molecule has 1 aliphatic carbocycles. The van der Waals surface area contributed by atoms with Gasteiger partial charge < -0.3 is 9.40 Å². The van der Waals surface area contributed by atoms with Crippen LogP contribution in [0.1, 0.15) is 35.6 Å². The molecule has 0 amide bonds. The molecule has 0 radical (unpaired) electrons. The van der Waals surface area contributed by atoms with E-state index in [1.807, 2.05) is 60.1 Å². The Balaban J connectivity index is 1.52. The highest BCUT2D eigenvalue weighted by Crippen LogP contribution is 2.27. The van der Waals surface area contributed by atoms with Gasteiger partial charge in [-0.1, -0.05) is 47.5 Å². The molecule has 6 nitrogen and oxygen atoms in total. The third-order valence-corrected chi connectivity index (χ3v) is 4.13. The van der Waals surface area contributed by atoms with Crippen molar-refractivity contribution in [2.24, 2.45) is 18.1 Å². The van der Waals surface area contributed by atoms with Crippen LogP contribution in [-0.4, -0.2) is 25.5 Å². The lowest BCUT2D eigenvalue weighted by Gasteiger charge is -2.06. The van der Waals surface area contributed by atoms with Crippen LogP contribution in [0.25, 0.3) is 0 Å². The quantitative estimate of drug-likeness (QED) is 0.400. The van der Waals surface area contributed by atoms with E-state index in [-0.39, 0.29) is 6.61 Å². The van der Waals surface area contributed by atoms with Gasteiger partial charge in [-0.3, -0.25) is 0 Å². The van der Waals surface area contributed by atoms with Crippen molar-refractivity contribution in [3.8, 4) is 11.8 Å². The number of hydrogen-bond donors (Lipinski definition) is 0. The van der Waals surface area contributed by atoms with Crippen LogP contribution in [0.5, 0.6) is 0 Å². The second-order valence-corrected chi connectivity index (χ2v) is 6.40. The minimum atomic E-state index is 0.257. The molecule has 1 aliphatic rings. The molecule has 6 heteroatoms. The molecule has 2 heterocycles. The number of oxime groups is 1. The summed E-state index contributed by atoms with van der Waals surface area (Å²) in [5.74, 6) is 7.54. The summed E-state index contributed by atoms with van der Waals surface area (Å²) in [5.41, 5.74) is 3.08. The molecule has 0 unspecified atom stereocenters. The molecular formula is C21H19N5O. The van der Waals surface area contributed by atoms with Crippen molar-refractivity contribution >= 4 is 5.71 Å². The monoisotopic (exact) mass is 357 g/mol. The van der Waals surface area contributed by atoms with Crippen LogP contribution in [0.15, 0.2) is 60.0 Å². The molecule has 0 saturated heterocycles. The molecule has 0 bridgehead atoms. The molecule has 3 aromatic rings. The number of benzene rings is 1. The predicted octanol–water partition coefficient (Wildman–Crippen LogP) is 2.94. The van der Waals surface area contributed by atoms with E-state index < -0.39 is 0 Å². The second-order valence-electron chi connectivity index (χ2n) is 6.40. The summed E-state index contributed by atoms with van der Waals surface area (Å²) in [6.07, 6.45) is 4.04. The second kappa shape index (κ2) is 7.83. The van der Waals surface area contributed by atoms with Gasteiger partial charge in [0.15, 0.2) is 18.1 Å². The number of pyridine rings is 1. The Labute approximate surface area is 157 Å². The summed E-state index contributed by atoms with van der Waals surface area (Å²) in [4.78, 5) is 10.1. The van der Waals surface area contributed by atoms with Gasteiger partial charge in [-0.15, -0.1) is 10.2 Å². The van der Waals surface area contributed by atoms with E-state index in [2.05, 4.69) is 32.2 Å². The molecule has 0 N–H and O–H groups in total. The average molecular weight is 357 g/mol. The first-order valence-corrected chi connectivity index (χ1v) is 8.87. The molecule has 1 saturated carbocycles. The topological polar surface area (TPSA) is 65.2 Å². The van der Waals surface area contributed by atoms with Crippen molar-refractivity contribution in [1.82, 2.24) is 19.7 Å². The van der Waals surface area contributed by atoms with Crippen LogP contribution in [0.2, 0.25) is 0 Å². The lowest BCUT2D eigenvalue weighted by molar-refractivity contribution is 0.128. The molecule has 134 valence electrons. The van der Waals surface area contributed by atoms with Crippen LogP contribution in [0.4, 0.5) is 0 Å². The Morgan fingerprint density at radius 1 is 1.19 bits per heavy atom. The molecule has 4 rings (SSSR count). The highest BCUT2D eigenvalue weighted by Gasteiger charge is 2.17. The highest BCUT2D eigenvalue weighted by atomic mass is 16.6. The fourth-order valence-corrected chi connectivity index (χ4v) is 2.51. The first kappa shape index (κ1) is 17.0. The van der Waals surface area contributed by atoms with E-state index in [0.717, 1.165) is 17.0 Å². The summed E-state index contributed by atoms with van der Waals surface area (Å²) in [7, 11) is 1.87. The summed E-state index contributed by atoms with van der Waals surface area (Å²) in [6.45, 7) is 0.257. The maximum Gasteiger partial charge on any atom is 0.186 e. The summed E-state index contributed by atoms with van der Waals surface area (Å²) in [5, 5.41) is 12.4. The van der Waals surface area contributed by atoms with E-state index >= 15 is 0 Å². The summed E-state index contributed by atoms with van der Waals surface area (Å²) < 4.78 is 1.81. The van der Waals surface area contributed by atoms with Gasteiger partial charge in [0.1, 0.15) is 12.0 Å². The zero-order valence-electron chi connectivity index (χ0n) is 15.0. The molecule has 0 spiro atoms. The molecule has 0 atom stereocenters. The van der Waals surface area contributed by atoms with Crippen molar-refractivity contribution in [3.05, 3.63) is 77.6 Å². The molecule has 2 aromatic heterocycles. The van der Waals surface area contributed by atoms with Gasteiger partial charge in [0.05, 0.1) is 5.69 Å². The summed E-state index contributed by atoms with van der Waals surface area (Å²) in [6, 6.07) is 15.5. The molecule has 0 aliphatic heterocycles. The van der Waals surface area contributed by atoms with Crippen LogP contribution in [-0.2, 0) is 18.5 Å². The average Bonchev–Trinajstić information content (AvgIpc) is 3.45. The number of aromatic nitrogens is 4. The number of hydrogen-bond acceptors (Lipinski definition) is 5. The lowest BCUT2D eigenvalue weighted by Crippen LogP contribution is -2.11. The molecule has 27 heavy (non-hydrogen) atoms. The fourth-order valence-electron chi connectivity index (χ4n) is 2.51. The Kier molecular flexibility index (Phi) is 4.93. The van der Waals surface area contributed by atoms with Crippen LogP contribution < -0.4 is 0 Å². The lowest BCUT2D eigenvalue weighted by atomic mass is 10.1. The van der Waals surface area contributed by atoms with Gasteiger partial charge in [0.25, 0.3) is 0 Å². The molecule has 1 aromatic carbocycles. The minimum Gasteiger partial charge on any atom is -0.389 e. The number of nitrogens with zero attached hydrogens (tertiary/aromatic N) is 5. The van der Waals surface area contributed by atoms with Crippen molar-refractivity contribution in [2.45, 2.75) is 19.4 Å². The number of aryl methyl sites for hydroxylation is 1. The summed E-state index contributed by atoms with van der Waals surface area (Å²) >= 11 is 0. The number of rotatable bonds is 5. The van der Waals surface area contributed by atoms with E-state index in [4.69, 9.17) is 4.84 Å². The normalized spacial score (nSPS) is 13.7. The van der Waals surface area contributed by atoms with Gasteiger partial charge in [0, 0.05) is 18.5 Å². The standard InChI is InChI=1S/C21H19N5O/c1-26-15-22-24-21(26)20(17-6-3-2-4-7-17)25-27-14-19-9-5-8-18(23-19)13-12-16-10-11-16/h2-9,15-16H,10-11,14H2,1H3/b25-20+. The largest absolute Gasteiger partial charge is 0.389 e. The van der Waals surface area contributed by atoms with Crippen LogP contribution in [0.3, 0.4) is 0 Å². The third-order valence-electron chi connectivity index (χ3n) is 4.13. The SMILES string of the molecule is Cn1cnnc1/C(=N/OCc1cccc(C#CC2CC2)n1)c1ccccc1. The van der Waals surface area contributed by atoms with E-state index in [1.54, 1.807) is 6.33 Å². The van der Waals surface area contributed by atoms with Crippen molar-refractivity contribution < 1.29 is 4.84 Å². The van der Waals surface area contributed by atoms with Gasteiger partial charge in [-0.25, -0.2) is 4.98 Å². The zero-order chi connectivity index (χ0) is 18.5. The zero-order valence-corrected chi connectivity index (χ0v) is 15.0. The van der Waals surface area contributed by atoms with Gasteiger partial charge >= 0.3 is 0 Å². The first-order valence-electron chi connectivity index (χ1n) is 8.87. The highest BCUT2D eigenvalue weighted by molar-refractivity contribution is 6.10. The van der Waals surface area contributed by atoms with Crippen molar-refractivity contribution in [3.63, 3.8) is 0 Å². The molecule has 1 fully saturated rings. The maximum atomic E-state index is 5.60. The Morgan fingerprint density at radius 3 is 2.78 bits per heavy atom. The van der Waals surface area contributed by atoms with Crippen LogP contribution >= 0.6 is 0 Å².